The monoisotopic (exact) mass is 368 g/mol. The van der Waals surface area contributed by atoms with Gasteiger partial charge in [-0.2, -0.15) is 5.10 Å². The van der Waals surface area contributed by atoms with Crippen LogP contribution < -0.4 is 10.6 Å². The molecule has 1 aliphatic rings. The third-order valence-corrected chi connectivity index (χ3v) is 5.20. The van der Waals surface area contributed by atoms with Crippen molar-refractivity contribution in [3.05, 3.63) is 48.3 Å². The van der Waals surface area contributed by atoms with Crippen LogP contribution >= 0.6 is 0 Å². The number of guanidine groups is 1. The van der Waals surface area contributed by atoms with Crippen LogP contribution in [0.4, 0.5) is 0 Å². The molecule has 2 heterocycles. The second-order valence-corrected chi connectivity index (χ2v) is 7.22. The molecule has 3 rings (SSSR count). The van der Waals surface area contributed by atoms with Gasteiger partial charge in [0.05, 0.1) is 11.9 Å². The molecular weight excluding hydrogens is 336 g/mol. The molecular formula is C21H32N6. The van der Waals surface area contributed by atoms with Crippen LogP contribution in [0.15, 0.2) is 47.7 Å². The number of para-hydroxylation sites is 1. The van der Waals surface area contributed by atoms with Crippen molar-refractivity contribution in [2.45, 2.75) is 45.2 Å². The Labute approximate surface area is 162 Å². The summed E-state index contributed by atoms with van der Waals surface area (Å²) in [6, 6.07) is 10.9. The first-order chi connectivity index (χ1) is 13.3. The molecule has 1 atom stereocenters. The van der Waals surface area contributed by atoms with Gasteiger partial charge in [0.25, 0.3) is 0 Å². The number of aromatic nitrogens is 2. The Kier molecular flexibility index (Phi) is 7.27. The Morgan fingerprint density at radius 3 is 2.85 bits per heavy atom. The Hall–Kier alpha value is -2.34. The molecule has 1 saturated heterocycles. The van der Waals surface area contributed by atoms with Crippen molar-refractivity contribution in [3.63, 3.8) is 0 Å². The van der Waals surface area contributed by atoms with Crippen molar-refractivity contribution in [1.82, 2.24) is 25.3 Å². The molecule has 1 unspecified atom stereocenters. The average Bonchev–Trinajstić information content (AvgIpc) is 3.18. The van der Waals surface area contributed by atoms with Crippen molar-refractivity contribution in [2.24, 2.45) is 4.99 Å². The van der Waals surface area contributed by atoms with E-state index in [1.165, 1.54) is 25.8 Å². The van der Waals surface area contributed by atoms with Gasteiger partial charge < -0.3 is 15.5 Å². The number of rotatable bonds is 7. The van der Waals surface area contributed by atoms with E-state index in [-0.39, 0.29) is 0 Å². The molecule has 0 bridgehead atoms. The zero-order valence-corrected chi connectivity index (χ0v) is 16.6. The minimum absolute atomic E-state index is 0.704. The Morgan fingerprint density at radius 1 is 1.22 bits per heavy atom. The molecule has 2 aromatic rings. The maximum Gasteiger partial charge on any atom is 0.191 e. The summed E-state index contributed by atoms with van der Waals surface area (Å²) in [5, 5.41) is 11.2. The Morgan fingerprint density at radius 2 is 2.07 bits per heavy atom. The summed E-state index contributed by atoms with van der Waals surface area (Å²) in [7, 11) is 1.81. The Bertz CT molecular complexity index is 708. The highest BCUT2D eigenvalue weighted by atomic mass is 15.3. The number of nitrogens with one attached hydrogen (secondary N) is 2. The highest BCUT2D eigenvalue weighted by molar-refractivity contribution is 5.79. The molecule has 6 heteroatoms. The maximum absolute atomic E-state index is 4.44. The SMILES string of the molecule is CN=C(NCCCN1CCCCC1C)NCc1cnn(-c2ccccc2)c1. The van der Waals surface area contributed by atoms with Crippen molar-refractivity contribution >= 4 is 5.96 Å². The first-order valence-electron chi connectivity index (χ1n) is 10.0. The van der Waals surface area contributed by atoms with E-state index in [0.717, 1.165) is 42.8 Å². The van der Waals surface area contributed by atoms with Gasteiger partial charge in [0.2, 0.25) is 0 Å². The van der Waals surface area contributed by atoms with Crippen molar-refractivity contribution in [1.29, 1.82) is 0 Å². The Balaban J connectivity index is 1.38. The van der Waals surface area contributed by atoms with E-state index >= 15 is 0 Å². The number of piperidine rings is 1. The largest absolute Gasteiger partial charge is 0.356 e. The molecule has 0 saturated carbocycles. The summed E-state index contributed by atoms with van der Waals surface area (Å²) < 4.78 is 1.90. The topological polar surface area (TPSA) is 57.5 Å². The van der Waals surface area contributed by atoms with Gasteiger partial charge in [0.1, 0.15) is 0 Å². The zero-order chi connectivity index (χ0) is 18.9. The normalized spacial score (nSPS) is 18.4. The van der Waals surface area contributed by atoms with Gasteiger partial charge in [-0.05, 0) is 44.9 Å². The number of hydrogen-bond donors (Lipinski definition) is 2. The summed E-state index contributed by atoms with van der Waals surface area (Å²) in [6.07, 6.45) is 9.15. The summed E-state index contributed by atoms with van der Waals surface area (Å²) in [6.45, 7) is 6.40. The fraction of sp³-hybridized carbons (Fsp3) is 0.524. The molecule has 1 aromatic heterocycles. The standard InChI is InChI=1S/C21H32N6/c1-18-9-6-7-13-26(18)14-8-12-23-21(22-2)24-15-19-16-25-27(17-19)20-10-4-3-5-11-20/h3-5,10-11,16-18H,6-9,12-15H2,1-2H3,(H2,22,23,24). The molecule has 1 fully saturated rings. The van der Waals surface area contributed by atoms with Gasteiger partial charge in [-0.25, -0.2) is 4.68 Å². The molecule has 0 spiro atoms. The first kappa shape index (κ1) is 19.4. The van der Waals surface area contributed by atoms with E-state index in [4.69, 9.17) is 0 Å². The summed E-state index contributed by atoms with van der Waals surface area (Å²) in [5.41, 5.74) is 2.20. The molecule has 0 radical (unpaired) electrons. The summed E-state index contributed by atoms with van der Waals surface area (Å²) in [5.74, 6) is 0.842. The van der Waals surface area contributed by atoms with Crippen LogP contribution in [-0.4, -0.2) is 53.4 Å². The van der Waals surface area contributed by atoms with Crippen LogP contribution in [0.5, 0.6) is 0 Å². The predicted molar refractivity (Wildman–Crippen MR) is 111 cm³/mol. The molecule has 0 aliphatic carbocycles. The fourth-order valence-corrected chi connectivity index (χ4v) is 3.56. The lowest BCUT2D eigenvalue weighted by molar-refractivity contribution is 0.159. The molecule has 0 amide bonds. The van der Waals surface area contributed by atoms with E-state index < -0.39 is 0 Å². The number of likely N-dealkylation sites (tertiary alicyclic amines) is 1. The average molecular weight is 369 g/mol. The zero-order valence-electron chi connectivity index (χ0n) is 16.6. The van der Waals surface area contributed by atoms with Gasteiger partial charge >= 0.3 is 0 Å². The van der Waals surface area contributed by atoms with Gasteiger partial charge in [0.15, 0.2) is 5.96 Å². The van der Waals surface area contributed by atoms with E-state index in [9.17, 15) is 0 Å². The number of nitrogens with zero attached hydrogens (tertiary/aromatic N) is 4. The van der Waals surface area contributed by atoms with Crippen LogP contribution in [0.1, 0.15) is 38.2 Å². The van der Waals surface area contributed by atoms with E-state index in [1.807, 2.05) is 54.5 Å². The highest BCUT2D eigenvalue weighted by Crippen LogP contribution is 2.16. The van der Waals surface area contributed by atoms with Crippen molar-refractivity contribution in [2.75, 3.05) is 26.7 Å². The lowest BCUT2D eigenvalue weighted by Crippen LogP contribution is -2.41. The third kappa shape index (κ3) is 5.82. The van der Waals surface area contributed by atoms with Gasteiger partial charge in [-0.1, -0.05) is 24.6 Å². The molecule has 146 valence electrons. The summed E-state index contributed by atoms with van der Waals surface area (Å²) in [4.78, 5) is 6.93. The van der Waals surface area contributed by atoms with Crippen LogP contribution in [0.3, 0.4) is 0 Å². The second-order valence-electron chi connectivity index (χ2n) is 7.22. The number of aliphatic imine (C=N–C) groups is 1. The minimum Gasteiger partial charge on any atom is -0.356 e. The quantitative estimate of drug-likeness (QED) is 0.448. The van der Waals surface area contributed by atoms with Crippen LogP contribution in [0.2, 0.25) is 0 Å². The van der Waals surface area contributed by atoms with Crippen LogP contribution in [0.25, 0.3) is 5.69 Å². The van der Waals surface area contributed by atoms with E-state index in [0.29, 0.717) is 6.54 Å². The molecule has 1 aliphatic heterocycles. The van der Waals surface area contributed by atoms with Crippen LogP contribution in [0, 0.1) is 0 Å². The lowest BCUT2D eigenvalue weighted by Gasteiger charge is -2.33. The molecule has 2 N–H and O–H groups in total. The maximum atomic E-state index is 4.44. The third-order valence-electron chi connectivity index (χ3n) is 5.20. The fourth-order valence-electron chi connectivity index (χ4n) is 3.56. The van der Waals surface area contributed by atoms with Gasteiger partial charge in [-0.3, -0.25) is 4.99 Å². The van der Waals surface area contributed by atoms with Crippen LogP contribution in [-0.2, 0) is 6.54 Å². The number of benzene rings is 1. The highest BCUT2D eigenvalue weighted by Gasteiger charge is 2.17. The second kappa shape index (κ2) is 10.1. The predicted octanol–water partition coefficient (Wildman–Crippen LogP) is 2.80. The molecule has 1 aromatic carbocycles. The van der Waals surface area contributed by atoms with Gasteiger partial charge in [-0.15, -0.1) is 0 Å². The molecule has 27 heavy (non-hydrogen) atoms. The van der Waals surface area contributed by atoms with Crippen molar-refractivity contribution < 1.29 is 0 Å². The lowest BCUT2D eigenvalue weighted by atomic mass is 10.0. The van der Waals surface area contributed by atoms with Gasteiger partial charge in [0, 0.05) is 44.5 Å². The number of hydrogen-bond acceptors (Lipinski definition) is 3. The molecule has 6 nitrogen and oxygen atoms in total. The first-order valence-corrected chi connectivity index (χ1v) is 10.0. The van der Waals surface area contributed by atoms with E-state index in [1.54, 1.807) is 0 Å². The van der Waals surface area contributed by atoms with E-state index in [2.05, 4.69) is 32.5 Å². The van der Waals surface area contributed by atoms with Crippen molar-refractivity contribution in [3.8, 4) is 5.69 Å². The smallest absolute Gasteiger partial charge is 0.191 e. The summed E-state index contributed by atoms with van der Waals surface area (Å²) >= 11 is 0. The minimum atomic E-state index is 0.704.